The zero-order chi connectivity index (χ0) is 12.4. The van der Waals surface area contributed by atoms with E-state index in [0.717, 1.165) is 11.4 Å². The number of halogens is 2. The van der Waals surface area contributed by atoms with E-state index >= 15 is 0 Å². The van der Waals surface area contributed by atoms with Crippen LogP contribution in [0.2, 0.25) is 0 Å². The Morgan fingerprint density at radius 1 is 1.12 bits per heavy atom. The second-order valence-corrected chi connectivity index (χ2v) is 4.44. The van der Waals surface area contributed by atoms with Crippen molar-refractivity contribution < 1.29 is 4.92 Å². The van der Waals surface area contributed by atoms with Crippen molar-refractivity contribution in [1.82, 2.24) is 9.97 Å². The molecule has 0 aliphatic rings. The second-order valence-electron chi connectivity index (χ2n) is 3.31. The van der Waals surface area contributed by atoms with E-state index in [9.17, 15) is 10.1 Å². The van der Waals surface area contributed by atoms with Gasteiger partial charge in [-0.1, -0.05) is 31.9 Å². The predicted octanol–water partition coefficient (Wildman–Crippen LogP) is 3.33. The van der Waals surface area contributed by atoms with E-state index in [2.05, 4.69) is 41.8 Å². The third-order valence-electron chi connectivity index (χ3n) is 2.27. The Hall–Kier alpha value is -1.08. The predicted molar refractivity (Wildman–Crippen MR) is 71.5 cm³/mol. The maximum atomic E-state index is 10.7. The van der Waals surface area contributed by atoms with Crippen molar-refractivity contribution in [2.75, 3.05) is 0 Å². The van der Waals surface area contributed by atoms with Crippen LogP contribution in [0.4, 0.5) is 5.69 Å². The van der Waals surface area contributed by atoms with Crippen molar-refractivity contribution in [3.05, 3.63) is 39.7 Å². The minimum absolute atomic E-state index is 0.0268. The van der Waals surface area contributed by atoms with Gasteiger partial charge in [0.2, 0.25) is 0 Å². The third kappa shape index (κ3) is 2.44. The molecule has 0 aliphatic carbocycles. The molecule has 5 nitrogen and oxygen atoms in total. The van der Waals surface area contributed by atoms with Gasteiger partial charge < -0.3 is 0 Å². The van der Waals surface area contributed by atoms with Gasteiger partial charge in [0.05, 0.1) is 27.3 Å². The summed E-state index contributed by atoms with van der Waals surface area (Å²) >= 11 is 6.67. The second kappa shape index (κ2) is 5.05. The van der Waals surface area contributed by atoms with Crippen LogP contribution in [-0.2, 0) is 10.7 Å². The van der Waals surface area contributed by atoms with Crippen molar-refractivity contribution in [3.8, 4) is 0 Å². The average Bonchev–Trinajstić information content (AvgIpc) is 2.36. The molecule has 0 aliphatic heterocycles. The Morgan fingerprint density at radius 3 is 2.24 bits per heavy atom. The van der Waals surface area contributed by atoms with Gasteiger partial charge in [0.1, 0.15) is 0 Å². The fourth-order valence-corrected chi connectivity index (χ4v) is 2.34. The van der Waals surface area contributed by atoms with Crippen molar-refractivity contribution >= 4 is 48.6 Å². The van der Waals surface area contributed by atoms with Crippen LogP contribution in [0, 0.1) is 10.1 Å². The first kappa shape index (κ1) is 12.4. The summed E-state index contributed by atoms with van der Waals surface area (Å²) in [5.74, 6) is 0. The summed E-state index contributed by atoms with van der Waals surface area (Å²) in [6, 6.07) is 4.49. The highest BCUT2D eigenvalue weighted by Crippen LogP contribution is 2.21. The van der Waals surface area contributed by atoms with E-state index in [1.165, 1.54) is 12.1 Å². The van der Waals surface area contributed by atoms with Crippen molar-refractivity contribution in [1.29, 1.82) is 0 Å². The molecule has 1 aromatic carbocycles. The molecule has 2 rings (SSSR count). The van der Waals surface area contributed by atoms with Crippen LogP contribution in [0.1, 0.15) is 11.4 Å². The van der Waals surface area contributed by atoms with E-state index < -0.39 is 4.92 Å². The smallest absolute Gasteiger partial charge is 0.258 e. The number of non-ortho nitro benzene ring substituents is 1. The van der Waals surface area contributed by atoms with Gasteiger partial charge in [-0.05, 0) is 6.07 Å². The molecule has 88 valence electrons. The third-order valence-corrected chi connectivity index (χ3v) is 3.33. The first-order chi connectivity index (χ1) is 8.15. The molecular weight excluding hydrogens is 354 g/mol. The minimum atomic E-state index is -0.437. The lowest BCUT2D eigenvalue weighted by Gasteiger charge is -2.04. The van der Waals surface area contributed by atoms with Gasteiger partial charge in [0.25, 0.3) is 5.69 Å². The number of nitro benzene ring substituents is 1. The molecule has 0 amide bonds. The molecule has 0 saturated carbocycles. The summed E-state index contributed by atoms with van der Waals surface area (Å²) in [6.45, 7) is 0. The van der Waals surface area contributed by atoms with Crippen LogP contribution in [0.3, 0.4) is 0 Å². The molecule has 1 heterocycles. The molecule has 2 aromatic rings. The molecule has 0 N–H and O–H groups in total. The highest BCUT2D eigenvalue weighted by Gasteiger charge is 2.11. The normalized spacial score (nSPS) is 10.7. The summed E-state index contributed by atoms with van der Waals surface area (Å²) < 4.78 is 0. The summed E-state index contributed by atoms with van der Waals surface area (Å²) in [4.78, 5) is 19.0. The van der Waals surface area contributed by atoms with Gasteiger partial charge in [0, 0.05) is 22.8 Å². The number of nitrogens with zero attached hydrogens (tertiary/aromatic N) is 3. The van der Waals surface area contributed by atoms with Crippen LogP contribution in [0.5, 0.6) is 0 Å². The highest BCUT2D eigenvalue weighted by atomic mass is 79.9. The number of hydrogen-bond acceptors (Lipinski definition) is 4. The molecule has 0 saturated heterocycles. The Morgan fingerprint density at radius 2 is 1.71 bits per heavy atom. The molecule has 7 heteroatoms. The monoisotopic (exact) mass is 359 g/mol. The van der Waals surface area contributed by atoms with Gasteiger partial charge >= 0.3 is 0 Å². The van der Waals surface area contributed by atoms with Gasteiger partial charge in [-0.3, -0.25) is 10.1 Å². The molecule has 17 heavy (non-hydrogen) atoms. The zero-order valence-electron chi connectivity index (χ0n) is 8.56. The van der Waals surface area contributed by atoms with E-state index in [0.29, 0.717) is 21.7 Å². The van der Waals surface area contributed by atoms with Gasteiger partial charge in [-0.25, -0.2) is 9.97 Å². The lowest BCUT2D eigenvalue weighted by Crippen LogP contribution is -1.99. The van der Waals surface area contributed by atoms with Crippen LogP contribution in [0.25, 0.3) is 11.0 Å². The molecule has 0 unspecified atom stereocenters. The van der Waals surface area contributed by atoms with Crippen LogP contribution >= 0.6 is 31.9 Å². The SMILES string of the molecule is O=[N+]([O-])c1ccc2nc(CBr)c(CBr)nc2c1. The Kier molecular flexibility index (Phi) is 3.68. The topological polar surface area (TPSA) is 68.9 Å². The Bertz CT molecular complexity index is 589. The number of aromatic nitrogens is 2. The number of nitro groups is 1. The lowest BCUT2D eigenvalue weighted by molar-refractivity contribution is -0.384. The van der Waals surface area contributed by atoms with Crippen LogP contribution in [-0.4, -0.2) is 14.9 Å². The number of benzene rings is 1. The molecule has 0 radical (unpaired) electrons. The number of rotatable bonds is 3. The summed E-state index contributed by atoms with van der Waals surface area (Å²) in [7, 11) is 0. The molecule has 0 fully saturated rings. The van der Waals surface area contributed by atoms with Gasteiger partial charge in [0.15, 0.2) is 0 Å². The molecule has 1 aromatic heterocycles. The fourth-order valence-electron chi connectivity index (χ4n) is 1.44. The number of hydrogen-bond donors (Lipinski definition) is 0. The first-order valence-corrected chi connectivity index (χ1v) is 6.96. The molecular formula is C10H7Br2N3O2. The molecule has 0 bridgehead atoms. The van der Waals surface area contributed by atoms with Crippen LogP contribution < -0.4 is 0 Å². The fraction of sp³-hybridized carbons (Fsp3) is 0.200. The van der Waals surface area contributed by atoms with E-state index in [-0.39, 0.29) is 5.69 Å². The zero-order valence-corrected chi connectivity index (χ0v) is 11.7. The summed E-state index contributed by atoms with van der Waals surface area (Å²) in [5, 5.41) is 11.8. The van der Waals surface area contributed by atoms with Crippen molar-refractivity contribution in [2.24, 2.45) is 0 Å². The van der Waals surface area contributed by atoms with Crippen molar-refractivity contribution in [3.63, 3.8) is 0 Å². The van der Waals surface area contributed by atoms with E-state index in [1.54, 1.807) is 6.07 Å². The van der Waals surface area contributed by atoms with Crippen molar-refractivity contribution in [2.45, 2.75) is 10.7 Å². The Balaban J connectivity index is 2.66. The lowest BCUT2D eigenvalue weighted by atomic mass is 10.2. The highest BCUT2D eigenvalue weighted by molar-refractivity contribution is 9.09. The number of alkyl halides is 2. The largest absolute Gasteiger partial charge is 0.271 e. The molecule has 0 spiro atoms. The maximum Gasteiger partial charge on any atom is 0.271 e. The minimum Gasteiger partial charge on any atom is -0.258 e. The summed E-state index contributed by atoms with van der Waals surface area (Å²) in [5.41, 5.74) is 2.85. The van der Waals surface area contributed by atoms with E-state index in [4.69, 9.17) is 0 Å². The van der Waals surface area contributed by atoms with Crippen LogP contribution in [0.15, 0.2) is 18.2 Å². The molecule has 0 atom stereocenters. The Labute approximate surface area is 114 Å². The van der Waals surface area contributed by atoms with Gasteiger partial charge in [-0.15, -0.1) is 0 Å². The summed E-state index contributed by atoms with van der Waals surface area (Å²) in [6.07, 6.45) is 0. The first-order valence-electron chi connectivity index (χ1n) is 4.71. The average molecular weight is 361 g/mol. The maximum absolute atomic E-state index is 10.7. The quantitative estimate of drug-likeness (QED) is 0.478. The van der Waals surface area contributed by atoms with E-state index in [1.807, 2.05) is 0 Å². The van der Waals surface area contributed by atoms with Gasteiger partial charge in [-0.2, -0.15) is 0 Å². The number of fused-ring (bicyclic) bond motifs is 1. The standard InChI is InChI=1S/C10H7Br2N3O2/c11-4-9-10(5-12)14-8-3-6(15(16)17)1-2-7(8)13-9/h1-3H,4-5H2.